The molecule has 2 heteroatoms. The molecule has 0 saturated heterocycles. The van der Waals surface area contributed by atoms with Crippen LogP contribution in [-0.2, 0) is 0 Å². The van der Waals surface area contributed by atoms with Gasteiger partial charge < -0.3 is 0 Å². The topological polar surface area (TPSA) is 29.4 Å². The summed E-state index contributed by atoms with van der Waals surface area (Å²) in [5, 5.41) is 3.07. The smallest absolute Gasteiger partial charge is 0.0920 e. The van der Waals surface area contributed by atoms with Crippen LogP contribution in [-0.4, -0.2) is 6.04 Å². The fourth-order valence-corrected chi connectivity index (χ4v) is 1.66. The molecule has 1 fully saturated rings. The van der Waals surface area contributed by atoms with Crippen LogP contribution in [0.1, 0.15) is 39.0 Å². The lowest BCUT2D eigenvalue weighted by Gasteiger charge is -2.22. The molecule has 0 aromatic heterocycles. The highest BCUT2D eigenvalue weighted by Gasteiger charge is 2.19. The van der Waals surface area contributed by atoms with Crippen LogP contribution in [0.4, 0.5) is 0 Å². The molecule has 0 spiro atoms. The van der Waals surface area contributed by atoms with Crippen LogP contribution >= 0.6 is 0 Å². The van der Waals surface area contributed by atoms with Crippen molar-refractivity contribution in [2.24, 2.45) is 11.1 Å². The van der Waals surface area contributed by atoms with Gasteiger partial charge in [-0.05, 0) is 31.6 Å². The third-order valence-corrected chi connectivity index (χ3v) is 2.54. The van der Waals surface area contributed by atoms with Crippen LogP contribution in [0.5, 0.6) is 0 Å². The zero-order chi connectivity index (χ0) is 7.40. The van der Waals surface area contributed by atoms with Crippen molar-refractivity contribution in [1.29, 1.82) is 0 Å². The molecule has 1 saturated carbocycles. The van der Waals surface area contributed by atoms with E-state index in [9.17, 15) is 4.91 Å². The minimum Gasteiger partial charge on any atom is -0.151 e. The fraction of sp³-hybridized carbons (Fsp3) is 1.00. The van der Waals surface area contributed by atoms with Crippen LogP contribution in [0.2, 0.25) is 0 Å². The van der Waals surface area contributed by atoms with Gasteiger partial charge >= 0.3 is 0 Å². The average molecular weight is 141 g/mol. The highest BCUT2D eigenvalue weighted by atomic mass is 16.3. The molecule has 0 unspecified atom stereocenters. The van der Waals surface area contributed by atoms with Crippen LogP contribution < -0.4 is 0 Å². The molecule has 0 radical (unpaired) electrons. The predicted octanol–water partition coefficient (Wildman–Crippen LogP) is 2.72. The minimum atomic E-state index is 0.141. The molecule has 10 heavy (non-hydrogen) atoms. The van der Waals surface area contributed by atoms with Crippen molar-refractivity contribution in [3.05, 3.63) is 4.91 Å². The second kappa shape index (κ2) is 3.69. The Morgan fingerprint density at radius 3 is 2.30 bits per heavy atom. The van der Waals surface area contributed by atoms with E-state index in [1.807, 2.05) is 0 Å². The maximum absolute atomic E-state index is 10.1. The maximum Gasteiger partial charge on any atom is 0.0920 e. The Balaban J connectivity index is 2.23. The van der Waals surface area contributed by atoms with Crippen LogP contribution in [0.15, 0.2) is 5.18 Å². The summed E-state index contributed by atoms with van der Waals surface area (Å²) in [5.41, 5.74) is 0. The Kier molecular flexibility index (Phi) is 2.84. The second-order valence-electron chi connectivity index (χ2n) is 3.19. The standard InChI is InChI=1S/C8H15NO/c1-2-7-3-5-8(9-10)6-4-7/h7-8H,2-6H2,1H3. The van der Waals surface area contributed by atoms with Crippen molar-refractivity contribution in [1.82, 2.24) is 0 Å². The summed E-state index contributed by atoms with van der Waals surface area (Å²) in [5.74, 6) is 0.873. The molecule has 1 aliphatic rings. The summed E-state index contributed by atoms with van der Waals surface area (Å²) in [7, 11) is 0. The third-order valence-electron chi connectivity index (χ3n) is 2.54. The molecular formula is C8H15NO. The summed E-state index contributed by atoms with van der Waals surface area (Å²) in [6.45, 7) is 2.22. The summed E-state index contributed by atoms with van der Waals surface area (Å²) >= 11 is 0. The molecule has 0 amide bonds. The lowest BCUT2D eigenvalue weighted by molar-refractivity contribution is 0.319. The van der Waals surface area contributed by atoms with E-state index < -0.39 is 0 Å². The highest BCUT2D eigenvalue weighted by molar-refractivity contribution is 4.75. The number of rotatable bonds is 2. The number of hydrogen-bond donors (Lipinski definition) is 0. The zero-order valence-electron chi connectivity index (χ0n) is 6.55. The van der Waals surface area contributed by atoms with E-state index in [2.05, 4.69) is 12.1 Å². The van der Waals surface area contributed by atoms with E-state index >= 15 is 0 Å². The van der Waals surface area contributed by atoms with Gasteiger partial charge in [0, 0.05) is 0 Å². The van der Waals surface area contributed by atoms with Gasteiger partial charge in [0.2, 0.25) is 0 Å². The SMILES string of the molecule is CCC1CCC(N=O)CC1. The first-order valence-corrected chi connectivity index (χ1v) is 4.19. The normalized spacial score (nSPS) is 33.7. The molecular weight excluding hydrogens is 126 g/mol. The Bertz CT molecular complexity index is 106. The van der Waals surface area contributed by atoms with Gasteiger partial charge in [-0.15, -0.1) is 0 Å². The number of nitroso groups, excluding NO2 is 1. The van der Waals surface area contributed by atoms with Crippen LogP contribution in [0.3, 0.4) is 0 Å². The molecule has 0 aliphatic heterocycles. The Morgan fingerprint density at radius 2 is 1.90 bits per heavy atom. The van der Waals surface area contributed by atoms with Gasteiger partial charge in [-0.2, -0.15) is 4.91 Å². The van der Waals surface area contributed by atoms with E-state index in [-0.39, 0.29) is 6.04 Å². The quantitative estimate of drug-likeness (QED) is 0.543. The van der Waals surface area contributed by atoms with Gasteiger partial charge in [0.25, 0.3) is 0 Å². The van der Waals surface area contributed by atoms with E-state index in [1.54, 1.807) is 0 Å². The van der Waals surface area contributed by atoms with Gasteiger partial charge in [0.05, 0.1) is 6.04 Å². The summed E-state index contributed by atoms with van der Waals surface area (Å²) in [6.07, 6.45) is 5.76. The van der Waals surface area contributed by atoms with Crippen LogP contribution in [0.25, 0.3) is 0 Å². The second-order valence-corrected chi connectivity index (χ2v) is 3.19. The van der Waals surface area contributed by atoms with E-state index in [1.165, 1.54) is 19.3 Å². The fourth-order valence-electron chi connectivity index (χ4n) is 1.66. The van der Waals surface area contributed by atoms with Crippen molar-refractivity contribution in [3.8, 4) is 0 Å². The molecule has 1 rings (SSSR count). The summed E-state index contributed by atoms with van der Waals surface area (Å²) < 4.78 is 0. The molecule has 0 bridgehead atoms. The van der Waals surface area contributed by atoms with Gasteiger partial charge in [0.15, 0.2) is 0 Å². The lowest BCUT2D eigenvalue weighted by Crippen LogP contribution is -2.15. The molecule has 0 aromatic rings. The monoisotopic (exact) mass is 141 g/mol. The first kappa shape index (κ1) is 7.70. The molecule has 1 aliphatic carbocycles. The third kappa shape index (κ3) is 1.79. The first-order valence-electron chi connectivity index (χ1n) is 4.19. The summed E-state index contributed by atoms with van der Waals surface area (Å²) in [4.78, 5) is 10.1. The van der Waals surface area contributed by atoms with Crippen molar-refractivity contribution >= 4 is 0 Å². The molecule has 0 aromatic carbocycles. The predicted molar refractivity (Wildman–Crippen MR) is 41.8 cm³/mol. The van der Waals surface area contributed by atoms with E-state index in [4.69, 9.17) is 0 Å². The minimum absolute atomic E-state index is 0.141. The van der Waals surface area contributed by atoms with Gasteiger partial charge in [-0.3, -0.25) is 0 Å². The molecule has 0 N–H and O–H groups in total. The first-order chi connectivity index (χ1) is 4.86. The molecule has 58 valence electrons. The number of hydrogen-bond acceptors (Lipinski definition) is 2. The van der Waals surface area contributed by atoms with Gasteiger partial charge in [-0.1, -0.05) is 18.5 Å². The van der Waals surface area contributed by atoms with Crippen molar-refractivity contribution < 1.29 is 0 Å². The number of nitrogens with zero attached hydrogens (tertiary/aromatic N) is 1. The zero-order valence-corrected chi connectivity index (χ0v) is 6.55. The summed E-state index contributed by atoms with van der Waals surface area (Å²) in [6, 6.07) is 0.141. The van der Waals surface area contributed by atoms with Crippen molar-refractivity contribution in [3.63, 3.8) is 0 Å². The molecule has 0 atom stereocenters. The van der Waals surface area contributed by atoms with Crippen molar-refractivity contribution in [2.75, 3.05) is 0 Å². The average Bonchev–Trinajstić information content (AvgIpc) is 2.05. The van der Waals surface area contributed by atoms with Gasteiger partial charge in [-0.25, -0.2) is 0 Å². The van der Waals surface area contributed by atoms with E-state index in [0.717, 1.165) is 18.8 Å². The molecule has 2 nitrogen and oxygen atoms in total. The maximum atomic E-state index is 10.1. The van der Waals surface area contributed by atoms with Gasteiger partial charge in [0.1, 0.15) is 0 Å². The van der Waals surface area contributed by atoms with Crippen LogP contribution in [0, 0.1) is 10.8 Å². The van der Waals surface area contributed by atoms with E-state index in [0.29, 0.717) is 0 Å². The lowest BCUT2D eigenvalue weighted by atomic mass is 9.85. The highest BCUT2D eigenvalue weighted by Crippen LogP contribution is 2.27. The van der Waals surface area contributed by atoms with Crippen molar-refractivity contribution in [2.45, 2.75) is 45.1 Å². The Morgan fingerprint density at radius 1 is 1.30 bits per heavy atom. The Labute approximate surface area is 62.0 Å². The molecule has 0 heterocycles. The largest absolute Gasteiger partial charge is 0.151 e. The Hall–Kier alpha value is -0.400.